The Morgan fingerprint density at radius 2 is 1.40 bits per heavy atom. The van der Waals surface area contributed by atoms with Crippen LogP contribution in [0.4, 0.5) is 0 Å². The fraction of sp³-hybridized carbons (Fsp3) is 1.00. The third-order valence-electron chi connectivity index (χ3n) is 3.56. The Balaban J connectivity index is 0.000000289. The van der Waals surface area contributed by atoms with Crippen molar-refractivity contribution in [1.82, 2.24) is 0 Å². The van der Waals surface area contributed by atoms with Crippen LogP contribution in [0.25, 0.3) is 0 Å². The quantitative estimate of drug-likeness (QED) is 0.622. The molecule has 15 heavy (non-hydrogen) atoms. The zero-order valence-electron chi connectivity index (χ0n) is 10.2. The molecule has 0 radical (unpaired) electrons. The Labute approximate surface area is 95.3 Å². The van der Waals surface area contributed by atoms with Gasteiger partial charge in [-0.2, -0.15) is 0 Å². The number of epoxide rings is 1. The van der Waals surface area contributed by atoms with E-state index in [0.29, 0.717) is 6.10 Å². The van der Waals surface area contributed by atoms with Gasteiger partial charge in [0.1, 0.15) is 0 Å². The average Bonchev–Trinajstić information content (AvgIpc) is 2.69. The highest BCUT2D eigenvalue weighted by atomic mass is 16.6. The van der Waals surface area contributed by atoms with E-state index in [2.05, 4.69) is 13.8 Å². The first-order chi connectivity index (χ1) is 6.43. The molecule has 2 aliphatic rings. The highest BCUT2D eigenvalue weighted by Crippen LogP contribution is 2.56. The summed E-state index contributed by atoms with van der Waals surface area (Å²) in [6.45, 7) is 8.48. The van der Waals surface area contributed by atoms with Gasteiger partial charge < -0.3 is 9.47 Å². The summed E-state index contributed by atoms with van der Waals surface area (Å²) in [4.78, 5) is 0. The summed E-state index contributed by atoms with van der Waals surface area (Å²) in [5, 5.41) is 0. The minimum atomic E-state index is 0. The van der Waals surface area contributed by atoms with E-state index in [9.17, 15) is 0 Å². The standard InChI is InChI=1S/C8H14O.C4H10O.CH4/c1-7-5-3-4-6-8(7,2)9-7;1-4(2)5-3;/h3-6H2,1-2H3;4H,1-3H3;1H4. The number of methoxy groups -OCH3 is 1. The van der Waals surface area contributed by atoms with E-state index in [0.717, 1.165) is 0 Å². The molecule has 92 valence electrons. The SMILES string of the molecule is C.CC12CCCCC1(C)O2.COC(C)C. The largest absolute Gasteiger partial charge is 0.382 e. The van der Waals surface area contributed by atoms with Crippen LogP contribution in [-0.4, -0.2) is 24.4 Å². The normalized spacial score (nSPS) is 37.2. The van der Waals surface area contributed by atoms with E-state index >= 15 is 0 Å². The van der Waals surface area contributed by atoms with Gasteiger partial charge in [0.2, 0.25) is 0 Å². The van der Waals surface area contributed by atoms with E-state index in [-0.39, 0.29) is 18.6 Å². The number of fused-ring (bicyclic) bond motifs is 1. The van der Waals surface area contributed by atoms with Gasteiger partial charge in [-0.05, 0) is 40.5 Å². The Bertz CT molecular complexity index is 167. The highest BCUT2D eigenvalue weighted by Gasteiger charge is 2.63. The maximum absolute atomic E-state index is 5.65. The van der Waals surface area contributed by atoms with Crippen molar-refractivity contribution in [3.63, 3.8) is 0 Å². The molecule has 1 saturated heterocycles. The second-order valence-corrected chi connectivity index (χ2v) is 5.06. The van der Waals surface area contributed by atoms with Crippen LogP contribution >= 0.6 is 0 Å². The van der Waals surface area contributed by atoms with Crippen LogP contribution in [-0.2, 0) is 9.47 Å². The molecule has 1 saturated carbocycles. The van der Waals surface area contributed by atoms with Gasteiger partial charge in [0.05, 0.1) is 17.3 Å². The van der Waals surface area contributed by atoms with E-state index < -0.39 is 0 Å². The molecule has 0 amide bonds. The second kappa shape index (κ2) is 5.31. The molecule has 2 fully saturated rings. The maximum atomic E-state index is 5.65. The molecule has 0 bridgehead atoms. The summed E-state index contributed by atoms with van der Waals surface area (Å²) >= 11 is 0. The summed E-state index contributed by atoms with van der Waals surface area (Å²) in [5.74, 6) is 0. The van der Waals surface area contributed by atoms with Crippen molar-refractivity contribution in [1.29, 1.82) is 0 Å². The molecule has 0 spiro atoms. The lowest BCUT2D eigenvalue weighted by Crippen LogP contribution is -2.23. The number of hydrogen-bond donors (Lipinski definition) is 0. The Morgan fingerprint density at radius 1 is 1.07 bits per heavy atom. The van der Waals surface area contributed by atoms with Gasteiger partial charge in [0, 0.05) is 7.11 Å². The molecule has 1 aliphatic carbocycles. The van der Waals surface area contributed by atoms with E-state index in [1.807, 2.05) is 13.8 Å². The lowest BCUT2D eigenvalue weighted by molar-refractivity contribution is 0.134. The zero-order chi connectivity index (χ0) is 10.8. The number of rotatable bonds is 1. The third kappa shape index (κ3) is 3.46. The Kier molecular flexibility index (Phi) is 5.28. The first kappa shape index (κ1) is 14.9. The van der Waals surface area contributed by atoms with Crippen molar-refractivity contribution in [3.05, 3.63) is 0 Å². The summed E-state index contributed by atoms with van der Waals surface area (Å²) in [5.41, 5.74) is 0.566. The average molecular weight is 216 g/mol. The second-order valence-electron chi connectivity index (χ2n) is 5.06. The first-order valence-electron chi connectivity index (χ1n) is 5.66. The Hall–Kier alpha value is -0.0800. The van der Waals surface area contributed by atoms with E-state index in [4.69, 9.17) is 9.47 Å². The summed E-state index contributed by atoms with van der Waals surface area (Å²) in [6, 6.07) is 0. The molecule has 2 atom stereocenters. The minimum Gasteiger partial charge on any atom is -0.382 e. The summed E-state index contributed by atoms with van der Waals surface area (Å²) in [6.07, 6.45) is 5.68. The smallest absolute Gasteiger partial charge is 0.0949 e. The molecule has 1 heterocycles. The zero-order valence-corrected chi connectivity index (χ0v) is 10.2. The van der Waals surface area contributed by atoms with Crippen LogP contribution in [0.2, 0.25) is 0 Å². The predicted molar refractivity (Wildman–Crippen MR) is 65.2 cm³/mol. The van der Waals surface area contributed by atoms with Crippen molar-refractivity contribution in [2.24, 2.45) is 0 Å². The molecule has 0 aromatic carbocycles. The predicted octanol–water partition coefficient (Wildman–Crippen LogP) is 3.79. The van der Waals surface area contributed by atoms with Crippen LogP contribution in [0, 0.1) is 0 Å². The van der Waals surface area contributed by atoms with Crippen LogP contribution < -0.4 is 0 Å². The van der Waals surface area contributed by atoms with Crippen LogP contribution in [0.5, 0.6) is 0 Å². The fourth-order valence-corrected chi connectivity index (χ4v) is 2.03. The molecule has 2 heteroatoms. The maximum Gasteiger partial charge on any atom is 0.0949 e. The fourth-order valence-electron chi connectivity index (χ4n) is 2.03. The molecular weight excluding hydrogens is 188 g/mol. The number of ether oxygens (including phenoxy) is 2. The monoisotopic (exact) mass is 216 g/mol. The molecule has 0 aromatic rings. The van der Waals surface area contributed by atoms with E-state index in [1.165, 1.54) is 25.7 Å². The van der Waals surface area contributed by atoms with Gasteiger partial charge in [-0.1, -0.05) is 20.3 Å². The summed E-state index contributed by atoms with van der Waals surface area (Å²) in [7, 11) is 1.70. The van der Waals surface area contributed by atoms with Gasteiger partial charge >= 0.3 is 0 Å². The molecule has 2 nitrogen and oxygen atoms in total. The molecule has 0 N–H and O–H groups in total. The van der Waals surface area contributed by atoms with Crippen molar-refractivity contribution in [2.75, 3.05) is 7.11 Å². The Morgan fingerprint density at radius 3 is 1.60 bits per heavy atom. The van der Waals surface area contributed by atoms with Crippen molar-refractivity contribution >= 4 is 0 Å². The lowest BCUT2D eigenvalue weighted by Gasteiger charge is -2.17. The summed E-state index contributed by atoms with van der Waals surface area (Å²) < 4.78 is 10.4. The lowest BCUT2D eigenvalue weighted by atomic mass is 9.82. The topological polar surface area (TPSA) is 21.8 Å². The molecule has 2 unspecified atom stereocenters. The van der Waals surface area contributed by atoms with Gasteiger partial charge in [-0.25, -0.2) is 0 Å². The van der Waals surface area contributed by atoms with Gasteiger partial charge in [-0.15, -0.1) is 0 Å². The van der Waals surface area contributed by atoms with Gasteiger partial charge in [0.15, 0.2) is 0 Å². The first-order valence-corrected chi connectivity index (χ1v) is 5.66. The molecular formula is C13H28O2. The minimum absolute atomic E-state index is 0. The van der Waals surface area contributed by atoms with Crippen molar-refractivity contribution in [2.45, 2.75) is 78.1 Å². The van der Waals surface area contributed by atoms with Crippen LogP contribution in [0.3, 0.4) is 0 Å². The molecule has 0 aromatic heterocycles. The van der Waals surface area contributed by atoms with Crippen molar-refractivity contribution < 1.29 is 9.47 Å². The number of hydrogen-bond acceptors (Lipinski definition) is 2. The molecule has 1 aliphatic heterocycles. The molecule has 2 rings (SSSR count). The van der Waals surface area contributed by atoms with Crippen molar-refractivity contribution in [3.8, 4) is 0 Å². The van der Waals surface area contributed by atoms with Crippen LogP contribution in [0.15, 0.2) is 0 Å². The third-order valence-corrected chi connectivity index (χ3v) is 3.56. The van der Waals surface area contributed by atoms with Gasteiger partial charge in [0.25, 0.3) is 0 Å². The highest BCUT2D eigenvalue weighted by molar-refractivity contribution is 5.12. The van der Waals surface area contributed by atoms with E-state index in [1.54, 1.807) is 7.11 Å². The van der Waals surface area contributed by atoms with Crippen LogP contribution in [0.1, 0.15) is 60.8 Å². The van der Waals surface area contributed by atoms with Gasteiger partial charge in [-0.3, -0.25) is 0 Å².